The fraction of sp³-hybridized carbons (Fsp3) is 1.00. The Morgan fingerprint density at radius 1 is 0.889 bits per heavy atom. The van der Waals surface area contributed by atoms with Gasteiger partial charge in [-0.25, -0.2) is 0 Å². The van der Waals surface area contributed by atoms with Crippen LogP contribution in [0.1, 0.15) is 67.7 Å². The molecule has 0 aromatic rings. The second-order valence-electron chi connectivity index (χ2n) is 6.08. The molecule has 0 aliphatic carbocycles. The fourth-order valence-corrected chi connectivity index (χ4v) is 6.55. The Kier molecular flexibility index (Phi) is 8.40. The summed E-state index contributed by atoms with van der Waals surface area (Å²) in [5.41, 5.74) is 0. The first-order valence-electron chi connectivity index (χ1n) is 7.65. The number of hydrogen-bond donors (Lipinski definition) is 0. The van der Waals surface area contributed by atoms with Crippen LogP contribution in [0.4, 0.5) is 0 Å². The Bertz CT molecular complexity index is 207. The molecule has 0 N–H and O–H groups in total. The molecule has 0 aliphatic heterocycles. The summed E-state index contributed by atoms with van der Waals surface area (Å²) in [5.74, 6) is 0.587. The molecule has 0 saturated carbocycles. The van der Waals surface area contributed by atoms with Gasteiger partial charge in [-0.15, -0.1) is 0 Å². The van der Waals surface area contributed by atoms with Gasteiger partial charge in [0, 0.05) is 18.3 Å². The van der Waals surface area contributed by atoms with Crippen LogP contribution in [-0.2, 0) is 8.85 Å². The summed E-state index contributed by atoms with van der Waals surface area (Å²) in [6.07, 6.45) is 3.29. The zero-order chi connectivity index (χ0) is 14.2. The van der Waals surface area contributed by atoms with Crippen molar-refractivity contribution in [2.75, 3.05) is 13.2 Å². The van der Waals surface area contributed by atoms with Crippen LogP contribution in [-0.4, -0.2) is 21.8 Å². The number of rotatable bonds is 10. The highest BCUT2D eigenvalue weighted by molar-refractivity contribution is 6.70. The maximum atomic E-state index is 6.36. The van der Waals surface area contributed by atoms with Gasteiger partial charge in [0.05, 0.1) is 0 Å². The van der Waals surface area contributed by atoms with Crippen LogP contribution in [0.2, 0.25) is 11.1 Å². The van der Waals surface area contributed by atoms with Gasteiger partial charge in [-0.05, 0) is 24.8 Å². The van der Waals surface area contributed by atoms with Gasteiger partial charge in [0.25, 0.3) is 0 Å². The minimum atomic E-state index is -2.13. The monoisotopic (exact) mass is 274 g/mol. The summed E-state index contributed by atoms with van der Waals surface area (Å²) < 4.78 is 12.7. The molecule has 0 heterocycles. The average Bonchev–Trinajstić information content (AvgIpc) is 2.32. The maximum Gasteiger partial charge on any atom is 0.344 e. The molecule has 0 radical (unpaired) electrons. The molecule has 3 heteroatoms. The van der Waals surface area contributed by atoms with E-state index in [0.29, 0.717) is 5.92 Å². The molecule has 110 valence electrons. The van der Waals surface area contributed by atoms with E-state index < -0.39 is 8.56 Å². The highest BCUT2D eigenvalue weighted by atomic mass is 28.4. The summed E-state index contributed by atoms with van der Waals surface area (Å²) >= 11 is 0. The molecule has 0 fully saturated rings. The van der Waals surface area contributed by atoms with Crippen molar-refractivity contribution in [2.24, 2.45) is 5.92 Å². The molecule has 0 unspecified atom stereocenters. The topological polar surface area (TPSA) is 18.5 Å². The minimum Gasteiger partial charge on any atom is -0.394 e. The smallest absolute Gasteiger partial charge is 0.344 e. The Hall–Kier alpha value is 0.137. The van der Waals surface area contributed by atoms with Gasteiger partial charge in [-0.3, -0.25) is 0 Å². The highest BCUT2D eigenvalue weighted by Gasteiger charge is 2.52. The molecule has 0 saturated heterocycles. The van der Waals surface area contributed by atoms with E-state index >= 15 is 0 Å². The van der Waals surface area contributed by atoms with Crippen molar-refractivity contribution >= 4 is 8.56 Å². The van der Waals surface area contributed by atoms with Gasteiger partial charge in [0.2, 0.25) is 0 Å². The highest BCUT2D eigenvalue weighted by Crippen LogP contribution is 2.47. The van der Waals surface area contributed by atoms with E-state index in [0.717, 1.165) is 38.5 Å². The van der Waals surface area contributed by atoms with Crippen molar-refractivity contribution in [1.29, 1.82) is 0 Å². The Morgan fingerprint density at radius 3 is 1.61 bits per heavy atom. The van der Waals surface area contributed by atoms with Gasteiger partial charge in [-0.1, -0.05) is 54.9 Å². The predicted octanol–water partition coefficient (Wildman–Crippen LogP) is 5.13. The quantitative estimate of drug-likeness (QED) is 0.514. The summed E-state index contributed by atoms with van der Waals surface area (Å²) in [7, 11) is -2.13. The zero-order valence-corrected chi connectivity index (χ0v) is 14.6. The lowest BCUT2D eigenvalue weighted by atomic mass is 9.99. The van der Waals surface area contributed by atoms with Crippen LogP contribution in [0.25, 0.3) is 0 Å². The minimum absolute atomic E-state index is 0.160. The third-order valence-corrected chi connectivity index (χ3v) is 9.12. The summed E-state index contributed by atoms with van der Waals surface area (Å²) in [6.45, 7) is 17.5. The molecular weight excluding hydrogens is 240 g/mol. The molecule has 0 spiro atoms. The van der Waals surface area contributed by atoms with E-state index in [-0.39, 0.29) is 5.04 Å². The first kappa shape index (κ1) is 18.1. The SMILES string of the molecule is CCCO[Si](CCC)(OCCC)C(C)(C)C(C)C. The summed E-state index contributed by atoms with van der Waals surface area (Å²) in [6, 6.07) is 1.11. The largest absolute Gasteiger partial charge is 0.394 e. The lowest BCUT2D eigenvalue weighted by molar-refractivity contribution is 0.132. The second kappa shape index (κ2) is 8.34. The first-order valence-corrected chi connectivity index (χ1v) is 9.68. The zero-order valence-electron chi connectivity index (χ0n) is 13.6. The van der Waals surface area contributed by atoms with Gasteiger partial charge in [0.1, 0.15) is 0 Å². The van der Waals surface area contributed by atoms with Crippen LogP contribution in [0.3, 0.4) is 0 Å². The Morgan fingerprint density at radius 2 is 1.33 bits per heavy atom. The van der Waals surface area contributed by atoms with Gasteiger partial charge < -0.3 is 8.85 Å². The molecule has 0 bridgehead atoms. The molecule has 0 rings (SSSR count). The molecule has 0 aromatic carbocycles. The van der Waals surface area contributed by atoms with Crippen molar-refractivity contribution in [3.8, 4) is 0 Å². The third kappa shape index (κ3) is 4.36. The van der Waals surface area contributed by atoms with Crippen LogP contribution in [0.5, 0.6) is 0 Å². The van der Waals surface area contributed by atoms with Crippen molar-refractivity contribution in [3.05, 3.63) is 0 Å². The van der Waals surface area contributed by atoms with Crippen molar-refractivity contribution in [3.63, 3.8) is 0 Å². The van der Waals surface area contributed by atoms with Crippen LogP contribution in [0, 0.1) is 5.92 Å². The van der Waals surface area contributed by atoms with Gasteiger partial charge in [0.15, 0.2) is 0 Å². The lowest BCUT2D eigenvalue weighted by Crippen LogP contribution is -2.53. The molecule has 0 atom stereocenters. The van der Waals surface area contributed by atoms with Crippen molar-refractivity contribution < 1.29 is 8.85 Å². The maximum absolute atomic E-state index is 6.36. The standard InChI is InChI=1S/C15H34O2Si/c1-8-11-16-18(13-10-3,17-12-9-2)15(6,7)14(4)5/h14H,8-13H2,1-7H3. The third-order valence-electron chi connectivity index (χ3n) is 4.08. The van der Waals surface area contributed by atoms with Gasteiger partial charge in [-0.2, -0.15) is 0 Å². The van der Waals surface area contributed by atoms with Crippen LogP contribution < -0.4 is 0 Å². The van der Waals surface area contributed by atoms with E-state index in [4.69, 9.17) is 8.85 Å². The molecule has 0 aliphatic rings. The molecule has 2 nitrogen and oxygen atoms in total. The molecule has 0 amide bonds. The molecule has 0 aromatic heterocycles. The van der Waals surface area contributed by atoms with E-state index in [1.165, 1.54) is 0 Å². The van der Waals surface area contributed by atoms with E-state index in [1.807, 2.05) is 0 Å². The second-order valence-corrected chi connectivity index (χ2v) is 9.95. The Balaban J connectivity index is 5.14. The molecular formula is C15H34O2Si. The Labute approximate surface area is 116 Å². The van der Waals surface area contributed by atoms with E-state index in [1.54, 1.807) is 0 Å². The average molecular weight is 275 g/mol. The van der Waals surface area contributed by atoms with Crippen molar-refractivity contribution in [2.45, 2.75) is 78.8 Å². The fourth-order valence-electron chi connectivity index (χ4n) is 2.18. The van der Waals surface area contributed by atoms with Gasteiger partial charge >= 0.3 is 8.56 Å². The first-order chi connectivity index (χ1) is 8.38. The number of hydrogen-bond acceptors (Lipinski definition) is 2. The summed E-state index contributed by atoms with van der Waals surface area (Å²) in [4.78, 5) is 0. The normalized spacial score (nSPS) is 13.3. The van der Waals surface area contributed by atoms with E-state index in [9.17, 15) is 0 Å². The lowest BCUT2D eigenvalue weighted by Gasteiger charge is -2.45. The predicted molar refractivity (Wildman–Crippen MR) is 82.2 cm³/mol. The van der Waals surface area contributed by atoms with Crippen molar-refractivity contribution in [1.82, 2.24) is 0 Å². The summed E-state index contributed by atoms with van der Waals surface area (Å²) in [5, 5.41) is 0.160. The van der Waals surface area contributed by atoms with E-state index in [2.05, 4.69) is 48.5 Å². The van der Waals surface area contributed by atoms with Crippen LogP contribution in [0.15, 0.2) is 0 Å². The molecule has 18 heavy (non-hydrogen) atoms. The van der Waals surface area contributed by atoms with Crippen LogP contribution >= 0.6 is 0 Å².